The van der Waals surface area contributed by atoms with Crippen LogP contribution in [0.25, 0.3) is 0 Å². The molecule has 28 heavy (non-hydrogen) atoms. The molecule has 3 rings (SSSR count). The molecule has 0 aliphatic carbocycles. The maximum Gasteiger partial charge on any atom is 0.282 e. The van der Waals surface area contributed by atoms with Crippen molar-refractivity contribution in [3.05, 3.63) is 64.4 Å². The second-order valence-electron chi connectivity index (χ2n) is 6.69. The van der Waals surface area contributed by atoms with Crippen molar-refractivity contribution in [1.82, 2.24) is 8.61 Å². The predicted molar refractivity (Wildman–Crippen MR) is 107 cm³/mol. The summed E-state index contributed by atoms with van der Waals surface area (Å²) in [5.41, 5.74) is 1.94. The van der Waals surface area contributed by atoms with E-state index in [0.717, 1.165) is 9.87 Å². The first-order valence-corrected chi connectivity index (χ1v) is 10.6. The molecule has 0 radical (unpaired) electrons. The number of halogens is 2. The maximum atomic E-state index is 13.4. The highest BCUT2D eigenvalue weighted by Crippen LogP contribution is 2.23. The Kier molecular flexibility index (Phi) is 6.34. The minimum absolute atomic E-state index is 0.0575. The van der Waals surface area contributed by atoms with Gasteiger partial charge < -0.3 is 5.32 Å². The third kappa shape index (κ3) is 4.88. The van der Waals surface area contributed by atoms with Crippen molar-refractivity contribution in [1.29, 1.82) is 0 Å². The smallest absolute Gasteiger partial charge is 0.282 e. The average molecular weight is 426 g/mol. The fourth-order valence-corrected chi connectivity index (χ4v) is 4.97. The molecule has 2 aromatic rings. The Morgan fingerprint density at radius 3 is 2.64 bits per heavy atom. The Balaban J connectivity index is 1.68. The number of aryl methyl sites for hydroxylation is 1. The van der Waals surface area contributed by atoms with Crippen LogP contribution in [-0.4, -0.2) is 42.6 Å². The summed E-state index contributed by atoms with van der Waals surface area (Å²) in [6.45, 7) is 2.19. The van der Waals surface area contributed by atoms with Gasteiger partial charge in [0.2, 0.25) is 5.91 Å². The lowest BCUT2D eigenvalue weighted by atomic mass is 10.2. The fraction of sp³-hybridized carbons (Fsp3) is 0.316. The van der Waals surface area contributed by atoms with Gasteiger partial charge >= 0.3 is 0 Å². The predicted octanol–water partition coefficient (Wildman–Crippen LogP) is 3.18. The van der Waals surface area contributed by atoms with E-state index in [4.69, 9.17) is 11.6 Å². The van der Waals surface area contributed by atoms with E-state index in [1.807, 2.05) is 6.92 Å². The van der Waals surface area contributed by atoms with E-state index in [1.165, 1.54) is 22.5 Å². The molecule has 9 heteroatoms. The van der Waals surface area contributed by atoms with Crippen LogP contribution in [0.15, 0.2) is 42.5 Å². The van der Waals surface area contributed by atoms with Crippen molar-refractivity contribution in [2.24, 2.45) is 0 Å². The molecule has 1 heterocycles. The van der Waals surface area contributed by atoms with Gasteiger partial charge in [-0.2, -0.15) is 17.0 Å². The third-order valence-electron chi connectivity index (χ3n) is 4.43. The van der Waals surface area contributed by atoms with E-state index in [0.29, 0.717) is 29.2 Å². The SMILES string of the molecule is Cc1ccc(NC(=O)CN2CCCN(Cc3cccc(F)c3)S2(=O)=O)c(Cl)c1. The summed E-state index contributed by atoms with van der Waals surface area (Å²) in [7, 11) is -3.83. The highest BCUT2D eigenvalue weighted by Gasteiger charge is 2.34. The normalized spacial score (nSPS) is 17.4. The summed E-state index contributed by atoms with van der Waals surface area (Å²) in [4.78, 5) is 12.4. The molecule has 1 amide bonds. The zero-order valence-corrected chi connectivity index (χ0v) is 16.9. The van der Waals surface area contributed by atoms with E-state index in [1.54, 1.807) is 24.3 Å². The van der Waals surface area contributed by atoms with Gasteiger partial charge in [0.15, 0.2) is 0 Å². The van der Waals surface area contributed by atoms with Crippen molar-refractivity contribution in [3.63, 3.8) is 0 Å². The Morgan fingerprint density at radius 1 is 1.18 bits per heavy atom. The quantitative estimate of drug-likeness (QED) is 0.799. The van der Waals surface area contributed by atoms with Crippen LogP contribution in [0.1, 0.15) is 17.5 Å². The highest BCUT2D eigenvalue weighted by molar-refractivity contribution is 7.86. The molecule has 2 aromatic carbocycles. The number of carbonyl (C=O) groups is 1. The molecule has 0 bridgehead atoms. The van der Waals surface area contributed by atoms with Gasteiger partial charge in [0.05, 0.1) is 17.3 Å². The first-order valence-electron chi connectivity index (χ1n) is 8.81. The Bertz CT molecular complexity index is 984. The minimum atomic E-state index is -3.83. The number of hydrogen-bond donors (Lipinski definition) is 1. The first kappa shape index (κ1) is 20.7. The molecule has 6 nitrogen and oxygen atoms in total. The summed E-state index contributed by atoms with van der Waals surface area (Å²) < 4.78 is 41.5. The molecule has 1 saturated heterocycles. The number of benzene rings is 2. The third-order valence-corrected chi connectivity index (χ3v) is 6.68. The fourth-order valence-electron chi connectivity index (χ4n) is 3.05. The largest absolute Gasteiger partial charge is 0.324 e. The topological polar surface area (TPSA) is 69.7 Å². The van der Waals surface area contributed by atoms with Crippen LogP contribution >= 0.6 is 11.6 Å². The molecular weight excluding hydrogens is 405 g/mol. The number of nitrogens with zero attached hydrogens (tertiary/aromatic N) is 2. The van der Waals surface area contributed by atoms with Gasteiger partial charge in [0, 0.05) is 19.6 Å². The van der Waals surface area contributed by atoms with Crippen LogP contribution in [0.4, 0.5) is 10.1 Å². The number of carbonyl (C=O) groups excluding carboxylic acids is 1. The maximum absolute atomic E-state index is 13.4. The number of amides is 1. The van der Waals surface area contributed by atoms with Gasteiger partial charge in [-0.1, -0.05) is 29.8 Å². The monoisotopic (exact) mass is 425 g/mol. The van der Waals surface area contributed by atoms with Crippen LogP contribution in [0, 0.1) is 12.7 Å². The zero-order chi connectivity index (χ0) is 20.3. The van der Waals surface area contributed by atoms with E-state index in [-0.39, 0.29) is 19.6 Å². The standard InChI is InChI=1S/C19H21ClFN3O3S/c1-14-6-7-18(17(20)10-14)22-19(25)13-24-9-3-8-23(28(24,26)27)12-15-4-2-5-16(21)11-15/h2,4-7,10-11H,3,8-9,12-13H2,1H3,(H,22,25). The molecule has 1 N–H and O–H groups in total. The minimum Gasteiger partial charge on any atom is -0.324 e. The van der Waals surface area contributed by atoms with E-state index in [2.05, 4.69) is 5.32 Å². The number of anilines is 1. The van der Waals surface area contributed by atoms with Crippen molar-refractivity contribution >= 4 is 33.4 Å². The Morgan fingerprint density at radius 2 is 1.93 bits per heavy atom. The van der Waals surface area contributed by atoms with E-state index >= 15 is 0 Å². The molecule has 0 atom stereocenters. The summed E-state index contributed by atoms with van der Waals surface area (Å²) in [5.74, 6) is -0.889. The summed E-state index contributed by atoms with van der Waals surface area (Å²) >= 11 is 6.11. The zero-order valence-electron chi connectivity index (χ0n) is 15.4. The number of nitrogens with one attached hydrogen (secondary N) is 1. The summed E-state index contributed by atoms with van der Waals surface area (Å²) in [6, 6.07) is 11.0. The molecule has 1 fully saturated rings. The van der Waals surface area contributed by atoms with E-state index < -0.39 is 21.9 Å². The van der Waals surface area contributed by atoms with Crippen molar-refractivity contribution in [2.75, 3.05) is 25.0 Å². The van der Waals surface area contributed by atoms with Crippen LogP contribution in [0.3, 0.4) is 0 Å². The van der Waals surface area contributed by atoms with Crippen LogP contribution in [0.2, 0.25) is 5.02 Å². The van der Waals surface area contributed by atoms with Crippen LogP contribution in [0.5, 0.6) is 0 Å². The summed E-state index contributed by atoms with van der Waals surface area (Å²) in [6.07, 6.45) is 0.577. The van der Waals surface area contributed by atoms with Gasteiger partial charge in [0.25, 0.3) is 10.2 Å². The molecule has 150 valence electrons. The molecule has 0 aromatic heterocycles. The van der Waals surface area contributed by atoms with Gasteiger partial charge in [0.1, 0.15) is 5.82 Å². The van der Waals surface area contributed by atoms with E-state index in [9.17, 15) is 17.6 Å². The summed E-state index contributed by atoms with van der Waals surface area (Å²) in [5, 5.41) is 3.04. The van der Waals surface area contributed by atoms with Crippen molar-refractivity contribution in [3.8, 4) is 0 Å². The van der Waals surface area contributed by atoms with Crippen molar-refractivity contribution < 1.29 is 17.6 Å². The molecule has 0 unspecified atom stereocenters. The van der Waals surface area contributed by atoms with Gasteiger partial charge in [-0.3, -0.25) is 4.79 Å². The Labute approximate surface area is 169 Å². The van der Waals surface area contributed by atoms with Crippen LogP contribution < -0.4 is 5.32 Å². The first-order chi connectivity index (χ1) is 13.3. The molecule has 1 aliphatic rings. The van der Waals surface area contributed by atoms with Crippen LogP contribution in [-0.2, 0) is 21.5 Å². The number of hydrogen-bond acceptors (Lipinski definition) is 3. The number of rotatable bonds is 5. The van der Waals surface area contributed by atoms with Gasteiger partial charge in [-0.15, -0.1) is 0 Å². The second kappa shape index (κ2) is 8.57. The second-order valence-corrected chi connectivity index (χ2v) is 9.03. The Hall–Kier alpha value is -2.00. The molecule has 0 saturated carbocycles. The highest BCUT2D eigenvalue weighted by atomic mass is 35.5. The lowest BCUT2D eigenvalue weighted by Crippen LogP contribution is -2.51. The lowest BCUT2D eigenvalue weighted by Gasteiger charge is -2.34. The van der Waals surface area contributed by atoms with Crippen molar-refractivity contribution in [2.45, 2.75) is 19.9 Å². The van der Waals surface area contributed by atoms with Gasteiger partial charge in [-0.25, -0.2) is 4.39 Å². The molecule has 1 aliphatic heterocycles. The molecular formula is C19H21ClFN3O3S. The average Bonchev–Trinajstić information content (AvgIpc) is 2.61. The van der Waals surface area contributed by atoms with Gasteiger partial charge in [-0.05, 0) is 48.7 Å². The molecule has 0 spiro atoms. The lowest BCUT2D eigenvalue weighted by molar-refractivity contribution is -0.116.